The summed E-state index contributed by atoms with van der Waals surface area (Å²) in [5.74, 6) is 2.27. The molecular weight excluding hydrogens is 430 g/mol. The van der Waals surface area contributed by atoms with Crippen LogP contribution in [0.2, 0.25) is 0 Å². The van der Waals surface area contributed by atoms with E-state index in [9.17, 15) is 0 Å². The monoisotopic (exact) mass is 455 g/mol. The van der Waals surface area contributed by atoms with Crippen molar-refractivity contribution in [2.75, 3.05) is 0 Å². The maximum absolute atomic E-state index is 6.08. The van der Waals surface area contributed by atoms with Crippen LogP contribution in [0.15, 0.2) is 97.3 Å². The Morgan fingerprint density at radius 2 is 1.46 bits per heavy atom. The van der Waals surface area contributed by atoms with Crippen LogP contribution in [0.4, 0.5) is 0 Å². The van der Waals surface area contributed by atoms with Crippen molar-refractivity contribution in [1.29, 1.82) is 0 Å². The maximum atomic E-state index is 6.08. The van der Waals surface area contributed by atoms with Crippen molar-refractivity contribution >= 4 is 21.8 Å². The summed E-state index contributed by atoms with van der Waals surface area (Å²) in [6.45, 7) is 6.41. The molecule has 0 aliphatic rings. The molecule has 0 aliphatic heterocycles. The van der Waals surface area contributed by atoms with Gasteiger partial charge in [0.1, 0.15) is 11.6 Å². The number of ether oxygens (including phenoxy) is 1. The molecule has 0 atom stereocenters. The molecule has 0 aliphatic carbocycles. The van der Waals surface area contributed by atoms with Gasteiger partial charge in [-0.25, -0.2) is 9.97 Å². The molecule has 0 bridgehead atoms. The molecule has 0 saturated carbocycles. The van der Waals surface area contributed by atoms with Crippen molar-refractivity contribution in [2.45, 2.75) is 20.8 Å². The van der Waals surface area contributed by atoms with Gasteiger partial charge in [-0.05, 0) is 97.6 Å². The number of nitrogens with zero attached hydrogens (tertiary/aromatic N) is 3. The Bertz CT molecular complexity index is 1690. The van der Waals surface area contributed by atoms with Crippen LogP contribution in [0, 0.1) is 20.8 Å². The Hall–Kier alpha value is -4.44. The predicted octanol–water partition coefficient (Wildman–Crippen LogP) is 7.96. The quantitative estimate of drug-likeness (QED) is 0.271. The highest BCUT2D eigenvalue weighted by molar-refractivity contribution is 6.10. The largest absolute Gasteiger partial charge is 0.439 e. The van der Waals surface area contributed by atoms with Crippen LogP contribution in [-0.4, -0.2) is 14.5 Å². The topological polar surface area (TPSA) is 39.9 Å². The van der Waals surface area contributed by atoms with Gasteiger partial charge in [-0.1, -0.05) is 29.8 Å². The average molecular weight is 456 g/mol. The average Bonchev–Trinajstić information content (AvgIpc) is 3.16. The molecule has 3 aromatic carbocycles. The lowest BCUT2D eigenvalue weighted by Crippen LogP contribution is -1.97. The van der Waals surface area contributed by atoms with Gasteiger partial charge in [0.25, 0.3) is 0 Å². The molecule has 0 fully saturated rings. The summed E-state index contributed by atoms with van der Waals surface area (Å²) >= 11 is 0. The fourth-order valence-electron chi connectivity index (χ4n) is 4.82. The first-order valence-electron chi connectivity index (χ1n) is 11.7. The Kier molecular flexibility index (Phi) is 5.07. The molecule has 6 rings (SSSR count). The van der Waals surface area contributed by atoms with Gasteiger partial charge in [-0.3, -0.25) is 4.57 Å². The zero-order valence-corrected chi connectivity index (χ0v) is 20.0. The van der Waals surface area contributed by atoms with Crippen molar-refractivity contribution in [3.8, 4) is 28.6 Å². The summed E-state index contributed by atoms with van der Waals surface area (Å²) in [6.07, 6.45) is 3.58. The summed E-state index contributed by atoms with van der Waals surface area (Å²) in [5, 5.41) is 2.47. The number of hydrogen-bond acceptors (Lipinski definition) is 3. The van der Waals surface area contributed by atoms with Crippen LogP contribution in [0.3, 0.4) is 0 Å². The molecule has 0 N–H and O–H groups in total. The number of aryl methyl sites for hydroxylation is 3. The maximum Gasteiger partial charge on any atom is 0.219 e. The van der Waals surface area contributed by atoms with E-state index in [1.54, 1.807) is 6.20 Å². The Balaban J connectivity index is 1.58. The van der Waals surface area contributed by atoms with Crippen LogP contribution in [0.5, 0.6) is 11.6 Å². The van der Waals surface area contributed by atoms with Crippen LogP contribution in [0.25, 0.3) is 38.8 Å². The Labute approximate surface area is 204 Å². The third kappa shape index (κ3) is 3.83. The molecule has 6 aromatic rings. The molecule has 0 saturated heterocycles. The summed E-state index contributed by atoms with van der Waals surface area (Å²) in [6, 6.07) is 29.3. The molecule has 0 unspecified atom stereocenters. The minimum atomic E-state index is 0.585. The number of hydrogen-bond donors (Lipinski definition) is 0. The van der Waals surface area contributed by atoms with E-state index in [1.165, 1.54) is 27.5 Å². The van der Waals surface area contributed by atoms with Crippen molar-refractivity contribution < 1.29 is 4.74 Å². The first-order valence-corrected chi connectivity index (χ1v) is 11.7. The highest BCUT2D eigenvalue weighted by Crippen LogP contribution is 2.38. The lowest BCUT2D eigenvalue weighted by molar-refractivity contribution is 0.463. The third-order valence-corrected chi connectivity index (χ3v) is 6.37. The number of fused-ring (bicyclic) bond motifs is 3. The van der Waals surface area contributed by atoms with Crippen LogP contribution >= 0.6 is 0 Å². The molecule has 35 heavy (non-hydrogen) atoms. The SMILES string of the molecule is Cc1cc(Oc2ccccn2)cc(-c2cc3c(cc2C)c2cc(C)ccc2n3-c2ccccn2)c1. The highest BCUT2D eigenvalue weighted by atomic mass is 16.5. The zero-order valence-electron chi connectivity index (χ0n) is 20.0. The molecule has 170 valence electrons. The first kappa shape index (κ1) is 21.1. The van der Waals surface area contributed by atoms with Crippen LogP contribution in [-0.2, 0) is 0 Å². The first-order chi connectivity index (χ1) is 17.1. The number of pyridine rings is 2. The fraction of sp³-hybridized carbons (Fsp3) is 0.0968. The molecule has 3 aromatic heterocycles. The van der Waals surface area contributed by atoms with E-state index in [1.807, 2.05) is 42.6 Å². The molecule has 0 spiro atoms. The second-order valence-corrected chi connectivity index (χ2v) is 9.03. The van der Waals surface area contributed by atoms with E-state index in [0.29, 0.717) is 5.88 Å². The van der Waals surface area contributed by atoms with Crippen LogP contribution in [0.1, 0.15) is 16.7 Å². The van der Waals surface area contributed by atoms with E-state index in [-0.39, 0.29) is 0 Å². The Morgan fingerprint density at radius 3 is 2.23 bits per heavy atom. The van der Waals surface area contributed by atoms with Gasteiger partial charge in [-0.2, -0.15) is 0 Å². The van der Waals surface area contributed by atoms with Gasteiger partial charge in [0.15, 0.2) is 0 Å². The van der Waals surface area contributed by atoms with Gasteiger partial charge in [-0.15, -0.1) is 0 Å². The fourth-order valence-corrected chi connectivity index (χ4v) is 4.82. The lowest BCUT2D eigenvalue weighted by atomic mass is 9.96. The molecule has 0 radical (unpaired) electrons. The Morgan fingerprint density at radius 1 is 0.657 bits per heavy atom. The van der Waals surface area contributed by atoms with E-state index in [2.05, 4.69) is 83.8 Å². The van der Waals surface area contributed by atoms with E-state index in [4.69, 9.17) is 4.74 Å². The summed E-state index contributed by atoms with van der Waals surface area (Å²) in [4.78, 5) is 8.99. The van der Waals surface area contributed by atoms with Crippen molar-refractivity contribution in [3.05, 3.63) is 114 Å². The minimum Gasteiger partial charge on any atom is -0.439 e. The molecule has 4 heteroatoms. The van der Waals surface area contributed by atoms with Gasteiger partial charge in [0, 0.05) is 29.2 Å². The third-order valence-electron chi connectivity index (χ3n) is 6.37. The van der Waals surface area contributed by atoms with Crippen LogP contribution < -0.4 is 4.74 Å². The number of rotatable bonds is 4. The lowest BCUT2D eigenvalue weighted by Gasteiger charge is -2.13. The number of benzene rings is 3. The summed E-state index contributed by atoms with van der Waals surface area (Å²) < 4.78 is 8.33. The number of aromatic nitrogens is 3. The molecule has 0 amide bonds. The van der Waals surface area contributed by atoms with Crippen molar-refractivity contribution in [2.24, 2.45) is 0 Å². The van der Waals surface area contributed by atoms with E-state index < -0.39 is 0 Å². The zero-order chi connectivity index (χ0) is 23.9. The van der Waals surface area contributed by atoms with Gasteiger partial charge >= 0.3 is 0 Å². The van der Waals surface area contributed by atoms with E-state index >= 15 is 0 Å². The highest BCUT2D eigenvalue weighted by Gasteiger charge is 2.16. The smallest absolute Gasteiger partial charge is 0.219 e. The normalized spacial score (nSPS) is 11.3. The van der Waals surface area contributed by atoms with Gasteiger partial charge in [0.05, 0.1) is 11.0 Å². The van der Waals surface area contributed by atoms with E-state index in [0.717, 1.165) is 33.7 Å². The molecule has 3 heterocycles. The summed E-state index contributed by atoms with van der Waals surface area (Å²) in [7, 11) is 0. The molecule has 4 nitrogen and oxygen atoms in total. The predicted molar refractivity (Wildman–Crippen MR) is 143 cm³/mol. The van der Waals surface area contributed by atoms with Gasteiger partial charge in [0.2, 0.25) is 5.88 Å². The summed E-state index contributed by atoms with van der Waals surface area (Å²) in [5.41, 5.74) is 8.17. The van der Waals surface area contributed by atoms with Gasteiger partial charge < -0.3 is 4.74 Å². The minimum absolute atomic E-state index is 0.585. The second kappa shape index (κ2) is 8.41. The second-order valence-electron chi connectivity index (χ2n) is 9.03. The van der Waals surface area contributed by atoms with Crippen molar-refractivity contribution in [3.63, 3.8) is 0 Å². The molecular formula is C31H25N3O. The van der Waals surface area contributed by atoms with Crippen molar-refractivity contribution in [1.82, 2.24) is 14.5 Å². The standard InChI is InChI=1S/C31H25N3O/c1-20-10-11-28-26(16-20)27-17-22(3)25(19-29(27)34(28)30-8-4-6-12-32-30)23-14-21(2)15-24(18-23)35-31-9-5-7-13-33-31/h4-19H,1-3H3.